The van der Waals surface area contributed by atoms with Gasteiger partial charge in [-0.3, -0.25) is 19.2 Å². The first-order chi connectivity index (χ1) is 11.5. The number of amides is 3. The molecule has 9 N–H and O–H groups in total. The molecule has 0 saturated carbocycles. The maximum atomic E-state index is 12.1. The molecule has 0 radical (unpaired) electrons. The second kappa shape index (κ2) is 10.2. The number of primary amides is 1. The Morgan fingerprint density at radius 2 is 1.60 bits per heavy atom. The first-order valence-electron chi connectivity index (χ1n) is 7.23. The Hall–Kier alpha value is -2.73. The van der Waals surface area contributed by atoms with E-state index < -0.39 is 60.3 Å². The molecule has 0 aliphatic heterocycles. The molecule has 0 aromatic rings. The standard InChI is InChI=1S/C13H22N4O8/c1-5(18)10(13(24)25)17-12(23)7(4-8(15)19)16-11(22)6(14)2-3-9(20)21/h5-7,10,18H,2-4,14H2,1H3,(H2,15,19)(H,16,22)(H,17,23)(H,20,21)(H,24,25). The summed E-state index contributed by atoms with van der Waals surface area (Å²) >= 11 is 0. The molecular formula is C13H22N4O8. The number of carbonyl (C=O) groups is 5. The van der Waals surface area contributed by atoms with Gasteiger partial charge in [0.05, 0.1) is 18.6 Å². The van der Waals surface area contributed by atoms with Gasteiger partial charge in [-0.05, 0) is 13.3 Å². The average molecular weight is 362 g/mol. The van der Waals surface area contributed by atoms with Crippen LogP contribution in [-0.2, 0) is 24.0 Å². The molecule has 0 aliphatic rings. The van der Waals surface area contributed by atoms with Gasteiger partial charge in [0.2, 0.25) is 17.7 Å². The summed E-state index contributed by atoms with van der Waals surface area (Å²) in [7, 11) is 0. The molecule has 142 valence electrons. The maximum absolute atomic E-state index is 12.1. The van der Waals surface area contributed by atoms with E-state index in [-0.39, 0.29) is 12.8 Å². The lowest BCUT2D eigenvalue weighted by Gasteiger charge is -2.23. The highest BCUT2D eigenvalue weighted by Crippen LogP contribution is 2.01. The summed E-state index contributed by atoms with van der Waals surface area (Å²) in [5.74, 6) is -5.62. The fourth-order valence-electron chi connectivity index (χ4n) is 1.74. The number of rotatable bonds is 11. The van der Waals surface area contributed by atoms with Crippen LogP contribution in [0.25, 0.3) is 0 Å². The minimum absolute atomic E-state index is 0.211. The number of hydrogen-bond donors (Lipinski definition) is 7. The summed E-state index contributed by atoms with van der Waals surface area (Å²) in [5, 5.41) is 30.9. The first-order valence-corrected chi connectivity index (χ1v) is 7.23. The molecule has 12 heteroatoms. The third-order valence-corrected chi connectivity index (χ3v) is 3.09. The van der Waals surface area contributed by atoms with E-state index in [4.69, 9.17) is 21.7 Å². The van der Waals surface area contributed by atoms with Gasteiger partial charge in [0, 0.05) is 6.42 Å². The van der Waals surface area contributed by atoms with Crippen LogP contribution in [0.5, 0.6) is 0 Å². The van der Waals surface area contributed by atoms with Crippen molar-refractivity contribution in [3.8, 4) is 0 Å². The smallest absolute Gasteiger partial charge is 0.328 e. The van der Waals surface area contributed by atoms with Crippen molar-refractivity contribution >= 4 is 29.7 Å². The number of aliphatic hydroxyl groups excluding tert-OH is 1. The zero-order valence-electron chi connectivity index (χ0n) is 13.5. The molecule has 4 unspecified atom stereocenters. The van der Waals surface area contributed by atoms with Crippen LogP contribution in [0.2, 0.25) is 0 Å². The van der Waals surface area contributed by atoms with Crippen LogP contribution in [0, 0.1) is 0 Å². The SMILES string of the molecule is CC(O)C(NC(=O)C(CC(N)=O)NC(=O)C(N)CCC(=O)O)C(=O)O. The van der Waals surface area contributed by atoms with Crippen LogP contribution in [0.15, 0.2) is 0 Å². The fraction of sp³-hybridized carbons (Fsp3) is 0.615. The summed E-state index contributed by atoms with van der Waals surface area (Å²) in [5.41, 5.74) is 10.5. The molecule has 3 amide bonds. The zero-order valence-corrected chi connectivity index (χ0v) is 13.5. The predicted octanol–water partition coefficient (Wildman–Crippen LogP) is -3.51. The summed E-state index contributed by atoms with van der Waals surface area (Å²) in [4.78, 5) is 56.4. The molecule has 25 heavy (non-hydrogen) atoms. The van der Waals surface area contributed by atoms with Crippen molar-refractivity contribution < 1.29 is 39.3 Å². The van der Waals surface area contributed by atoms with Crippen molar-refractivity contribution in [1.82, 2.24) is 10.6 Å². The van der Waals surface area contributed by atoms with Crippen LogP contribution in [0.4, 0.5) is 0 Å². The van der Waals surface area contributed by atoms with Crippen molar-refractivity contribution in [2.45, 2.75) is 50.4 Å². The second-order valence-electron chi connectivity index (χ2n) is 5.34. The minimum Gasteiger partial charge on any atom is -0.481 e. The topological polar surface area (TPSA) is 222 Å². The highest BCUT2D eigenvalue weighted by molar-refractivity contribution is 5.94. The van der Waals surface area contributed by atoms with E-state index in [0.717, 1.165) is 6.92 Å². The average Bonchev–Trinajstić information content (AvgIpc) is 2.47. The molecule has 0 saturated heterocycles. The minimum atomic E-state index is -1.67. The van der Waals surface area contributed by atoms with Crippen molar-refractivity contribution in [1.29, 1.82) is 0 Å². The van der Waals surface area contributed by atoms with Crippen LogP contribution >= 0.6 is 0 Å². The van der Waals surface area contributed by atoms with Crippen molar-refractivity contribution in [2.75, 3.05) is 0 Å². The van der Waals surface area contributed by atoms with E-state index in [9.17, 15) is 29.1 Å². The van der Waals surface area contributed by atoms with Gasteiger partial charge in [-0.15, -0.1) is 0 Å². The Kier molecular flexibility index (Phi) is 9.09. The Bertz CT molecular complexity index is 536. The first kappa shape index (κ1) is 22.3. The van der Waals surface area contributed by atoms with Crippen LogP contribution in [-0.4, -0.2) is 69.2 Å². The van der Waals surface area contributed by atoms with Crippen LogP contribution in [0.3, 0.4) is 0 Å². The summed E-state index contributed by atoms with van der Waals surface area (Å²) in [6.07, 6.45) is -2.68. The molecule has 12 nitrogen and oxygen atoms in total. The molecule has 0 fully saturated rings. The third-order valence-electron chi connectivity index (χ3n) is 3.09. The summed E-state index contributed by atoms with van der Waals surface area (Å²) < 4.78 is 0. The Morgan fingerprint density at radius 1 is 1.04 bits per heavy atom. The lowest BCUT2D eigenvalue weighted by atomic mass is 10.1. The van der Waals surface area contributed by atoms with Gasteiger partial charge in [0.1, 0.15) is 6.04 Å². The van der Waals surface area contributed by atoms with Crippen molar-refractivity contribution in [3.63, 3.8) is 0 Å². The normalized spacial score (nSPS) is 15.3. The number of carbonyl (C=O) groups excluding carboxylic acids is 3. The number of carboxylic acid groups (broad SMARTS) is 2. The Balaban J connectivity index is 5.01. The van der Waals surface area contributed by atoms with Crippen LogP contribution in [0.1, 0.15) is 26.2 Å². The highest BCUT2D eigenvalue weighted by Gasteiger charge is 2.31. The van der Waals surface area contributed by atoms with E-state index >= 15 is 0 Å². The number of carboxylic acids is 2. The van der Waals surface area contributed by atoms with Gasteiger partial charge in [0.25, 0.3) is 0 Å². The van der Waals surface area contributed by atoms with Gasteiger partial charge in [0.15, 0.2) is 6.04 Å². The van der Waals surface area contributed by atoms with E-state index in [1.165, 1.54) is 0 Å². The van der Waals surface area contributed by atoms with Crippen molar-refractivity contribution in [2.24, 2.45) is 11.5 Å². The van der Waals surface area contributed by atoms with Gasteiger partial charge in [-0.25, -0.2) is 4.79 Å². The highest BCUT2D eigenvalue weighted by atomic mass is 16.4. The van der Waals surface area contributed by atoms with Gasteiger partial charge in [-0.2, -0.15) is 0 Å². The van der Waals surface area contributed by atoms with E-state index in [1.54, 1.807) is 0 Å². The van der Waals surface area contributed by atoms with E-state index in [1.807, 2.05) is 5.32 Å². The van der Waals surface area contributed by atoms with Crippen LogP contribution < -0.4 is 22.1 Å². The fourth-order valence-corrected chi connectivity index (χ4v) is 1.74. The molecule has 0 aliphatic carbocycles. The molecule has 0 rings (SSSR count). The lowest BCUT2D eigenvalue weighted by molar-refractivity contribution is -0.145. The number of aliphatic hydroxyl groups is 1. The van der Waals surface area contributed by atoms with E-state index in [2.05, 4.69) is 5.32 Å². The largest absolute Gasteiger partial charge is 0.481 e. The number of hydrogen-bond acceptors (Lipinski definition) is 7. The number of aliphatic carboxylic acids is 2. The molecule has 0 bridgehead atoms. The molecule has 4 atom stereocenters. The summed E-state index contributed by atoms with van der Waals surface area (Å²) in [6, 6.07) is -4.45. The molecule has 0 aromatic heterocycles. The van der Waals surface area contributed by atoms with Gasteiger partial charge < -0.3 is 37.4 Å². The van der Waals surface area contributed by atoms with Gasteiger partial charge >= 0.3 is 11.9 Å². The monoisotopic (exact) mass is 362 g/mol. The zero-order chi connectivity index (χ0) is 19.7. The number of nitrogens with two attached hydrogens (primary N) is 2. The molecule has 0 spiro atoms. The predicted molar refractivity (Wildman–Crippen MR) is 81.8 cm³/mol. The van der Waals surface area contributed by atoms with Gasteiger partial charge in [-0.1, -0.05) is 0 Å². The molecular weight excluding hydrogens is 340 g/mol. The maximum Gasteiger partial charge on any atom is 0.328 e. The molecule has 0 heterocycles. The Morgan fingerprint density at radius 3 is 2.00 bits per heavy atom. The van der Waals surface area contributed by atoms with Crippen molar-refractivity contribution in [3.05, 3.63) is 0 Å². The third kappa shape index (κ3) is 8.62. The molecule has 0 aromatic carbocycles. The Labute approximate surface area is 142 Å². The van der Waals surface area contributed by atoms with E-state index in [0.29, 0.717) is 0 Å². The summed E-state index contributed by atoms with van der Waals surface area (Å²) in [6.45, 7) is 1.13. The quantitative estimate of drug-likeness (QED) is 0.193. The number of nitrogens with one attached hydrogen (secondary N) is 2. The second-order valence-corrected chi connectivity index (χ2v) is 5.34. The lowest BCUT2D eigenvalue weighted by Crippen LogP contribution is -2.57.